The molecule has 1 unspecified atom stereocenters. The molecule has 1 aromatic heterocycles. The van der Waals surface area contributed by atoms with Crippen LogP contribution in [0, 0.1) is 0 Å². The fraction of sp³-hybridized carbons (Fsp3) is 0.500. The van der Waals surface area contributed by atoms with Crippen LogP contribution in [0.15, 0.2) is 18.3 Å². The van der Waals surface area contributed by atoms with Crippen LogP contribution in [-0.2, 0) is 9.53 Å². The van der Waals surface area contributed by atoms with Crippen LogP contribution < -0.4 is 15.4 Å². The lowest BCUT2D eigenvalue weighted by Gasteiger charge is -2.22. The molecule has 6 nitrogen and oxygen atoms in total. The first kappa shape index (κ1) is 14.0. The van der Waals surface area contributed by atoms with Gasteiger partial charge in [0.25, 0.3) is 5.91 Å². The monoisotopic (exact) mass is 285 g/mol. The maximum absolute atomic E-state index is 11.7. The van der Waals surface area contributed by atoms with Gasteiger partial charge in [-0.1, -0.05) is 11.6 Å². The van der Waals surface area contributed by atoms with Crippen molar-refractivity contribution in [2.45, 2.75) is 6.10 Å². The summed E-state index contributed by atoms with van der Waals surface area (Å²) in [6, 6.07) is 3.42. The van der Waals surface area contributed by atoms with Gasteiger partial charge < -0.3 is 20.1 Å². The predicted octanol–water partition coefficient (Wildman–Crippen LogP) is 0.218. The van der Waals surface area contributed by atoms with Gasteiger partial charge in [-0.2, -0.15) is 0 Å². The summed E-state index contributed by atoms with van der Waals surface area (Å²) in [5.41, 5.74) is 0. The van der Waals surface area contributed by atoms with E-state index in [0.717, 1.165) is 6.54 Å². The lowest BCUT2D eigenvalue weighted by Crippen LogP contribution is -2.48. The van der Waals surface area contributed by atoms with E-state index in [9.17, 15) is 4.79 Å². The summed E-state index contributed by atoms with van der Waals surface area (Å²) in [5, 5.41) is 6.29. The van der Waals surface area contributed by atoms with Crippen molar-refractivity contribution in [1.29, 1.82) is 0 Å². The number of nitrogens with zero attached hydrogens (tertiary/aromatic N) is 1. The largest absolute Gasteiger partial charge is 0.475 e. The van der Waals surface area contributed by atoms with Crippen molar-refractivity contribution >= 4 is 17.5 Å². The van der Waals surface area contributed by atoms with Gasteiger partial charge in [0.15, 0.2) is 0 Å². The van der Waals surface area contributed by atoms with Crippen molar-refractivity contribution in [3.05, 3.63) is 23.4 Å². The van der Waals surface area contributed by atoms with Crippen LogP contribution in [0.1, 0.15) is 0 Å². The first-order valence-electron chi connectivity index (χ1n) is 6.11. The molecule has 2 N–H and O–H groups in total. The fourth-order valence-corrected chi connectivity index (χ4v) is 1.82. The lowest BCUT2D eigenvalue weighted by molar-refractivity contribution is -0.134. The number of hydrogen-bond acceptors (Lipinski definition) is 5. The van der Waals surface area contributed by atoms with Crippen molar-refractivity contribution in [2.75, 3.05) is 32.8 Å². The molecule has 1 aliphatic rings. The molecule has 2 rings (SSSR count). The number of nitrogens with one attached hydrogen (secondary N) is 2. The first-order valence-corrected chi connectivity index (χ1v) is 6.48. The molecule has 1 saturated heterocycles. The summed E-state index contributed by atoms with van der Waals surface area (Å²) in [6.45, 7) is 2.57. The Morgan fingerprint density at radius 1 is 1.68 bits per heavy atom. The molecule has 0 saturated carbocycles. The maximum Gasteiger partial charge on any atom is 0.250 e. The van der Waals surface area contributed by atoms with Gasteiger partial charge in [-0.25, -0.2) is 4.98 Å². The Labute approximate surface area is 116 Å². The van der Waals surface area contributed by atoms with Gasteiger partial charge in [-0.05, 0) is 12.1 Å². The molecular weight excluding hydrogens is 270 g/mol. The number of amides is 1. The fourth-order valence-electron chi connectivity index (χ4n) is 1.65. The number of pyridine rings is 1. The average molecular weight is 286 g/mol. The molecule has 7 heteroatoms. The summed E-state index contributed by atoms with van der Waals surface area (Å²) >= 11 is 5.88. The Kier molecular flexibility index (Phi) is 5.38. The molecule has 0 spiro atoms. The SMILES string of the molecule is O=C(NCCOc1ncccc1Cl)C1CNCCO1. The van der Waals surface area contributed by atoms with Gasteiger partial charge in [-0.15, -0.1) is 0 Å². The summed E-state index contributed by atoms with van der Waals surface area (Å²) in [4.78, 5) is 15.7. The highest BCUT2D eigenvalue weighted by atomic mass is 35.5. The van der Waals surface area contributed by atoms with Gasteiger partial charge in [-0.3, -0.25) is 4.79 Å². The van der Waals surface area contributed by atoms with Crippen molar-refractivity contribution in [3.63, 3.8) is 0 Å². The van der Waals surface area contributed by atoms with Crippen LogP contribution >= 0.6 is 11.6 Å². The van der Waals surface area contributed by atoms with Crippen LogP contribution in [0.2, 0.25) is 5.02 Å². The molecule has 1 amide bonds. The smallest absolute Gasteiger partial charge is 0.250 e. The number of aromatic nitrogens is 1. The van der Waals surface area contributed by atoms with E-state index in [-0.39, 0.29) is 5.91 Å². The molecule has 0 bridgehead atoms. The minimum atomic E-state index is -0.424. The minimum Gasteiger partial charge on any atom is -0.475 e. The third-order valence-corrected chi connectivity index (χ3v) is 2.87. The number of ether oxygens (including phenoxy) is 2. The second kappa shape index (κ2) is 7.28. The van der Waals surface area contributed by atoms with Crippen molar-refractivity contribution < 1.29 is 14.3 Å². The maximum atomic E-state index is 11.7. The van der Waals surface area contributed by atoms with Gasteiger partial charge in [0, 0.05) is 19.3 Å². The number of halogens is 1. The molecule has 0 radical (unpaired) electrons. The van der Waals surface area contributed by atoms with E-state index in [0.29, 0.717) is 37.2 Å². The first-order chi connectivity index (χ1) is 9.27. The minimum absolute atomic E-state index is 0.136. The molecular formula is C12H16ClN3O3. The number of morpholine rings is 1. The normalized spacial score (nSPS) is 18.9. The Bertz CT molecular complexity index is 424. The zero-order chi connectivity index (χ0) is 13.5. The van der Waals surface area contributed by atoms with E-state index in [1.54, 1.807) is 18.3 Å². The quantitative estimate of drug-likeness (QED) is 0.757. The van der Waals surface area contributed by atoms with Gasteiger partial charge in [0.1, 0.15) is 17.7 Å². The Morgan fingerprint density at radius 2 is 2.58 bits per heavy atom. The molecule has 104 valence electrons. The Morgan fingerprint density at radius 3 is 3.32 bits per heavy atom. The topological polar surface area (TPSA) is 72.5 Å². The third-order valence-electron chi connectivity index (χ3n) is 2.58. The number of hydrogen-bond donors (Lipinski definition) is 2. The highest BCUT2D eigenvalue weighted by molar-refractivity contribution is 6.31. The summed E-state index contributed by atoms with van der Waals surface area (Å²) in [6.07, 6.45) is 1.17. The van der Waals surface area contributed by atoms with Crippen LogP contribution in [0.25, 0.3) is 0 Å². The van der Waals surface area contributed by atoms with E-state index in [1.165, 1.54) is 0 Å². The van der Waals surface area contributed by atoms with Crippen LogP contribution in [0.3, 0.4) is 0 Å². The summed E-state index contributed by atoms with van der Waals surface area (Å²) in [5.74, 6) is 0.233. The number of rotatable bonds is 5. The van der Waals surface area contributed by atoms with Crippen LogP contribution in [-0.4, -0.2) is 49.8 Å². The molecule has 1 fully saturated rings. The number of carbonyl (C=O) groups is 1. The Hall–Kier alpha value is -1.37. The highest BCUT2D eigenvalue weighted by Gasteiger charge is 2.20. The average Bonchev–Trinajstić information content (AvgIpc) is 2.46. The lowest BCUT2D eigenvalue weighted by atomic mass is 10.3. The van der Waals surface area contributed by atoms with Crippen molar-refractivity contribution in [1.82, 2.24) is 15.6 Å². The van der Waals surface area contributed by atoms with Crippen molar-refractivity contribution in [3.8, 4) is 5.88 Å². The van der Waals surface area contributed by atoms with E-state index in [4.69, 9.17) is 21.1 Å². The van der Waals surface area contributed by atoms with E-state index in [2.05, 4.69) is 15.6 Å². The predicted molar refractivity (Wildman–Crippen MR) is 70.4 cm³/mol. The standard InChI is InChI=1S/C12H16ClN3O3/c13-9-2-1-3-16-12(9)19-7-5-15-11(17)10-8-14-4-6-18-10/h1-3,10,14H,4-8H2,(H,15,17). The van der Waals surface area contributed by atoms with E-state index >= 15 is 0 Å². The zero-order valence-corrected chi connectivity index (χ0v) is 11.2. The molecule has 19 heavy (non-hydrogen) atoms. The van der Waals surface area contributed by atoms with Gasteiger partial charge >= 0.3 is 0 Å². The number of carbonyl (C=O) groups excluding carboxylic acids is 1. The van der Waals surface area contributed by atoms with E-state index < -0.39 is 6.10 Å². The molecule has 2 heterocycles. The van der Waals surface area contributed by atoms with Crippen LogP contribution in [0.5, 0.6) is 5.88 Å². The highest BCUT2D eigenvalue weighted by Crippen LogP contribution is 2.19. The molecule has 1 atom stereocenters. The van der Waals surface area contributed by atoms with Gasteiger partial charge in [0.05, 0.1) is 13.2 Å². The third kappa shape index (κ3) is 4.34. The zero-order valence-electron chi connectivity index (χ0n) is 10.4. The summed E-state index contributed by atoms with van der Waals surface area (Å²) in [7, 11) is 0. The molecule has 0 aromatic carbocycles. The van der Waals surface area contributed by atoms with Crippen LogP contribution in [0.4, 0.5) is 0 Å². The van der Waals surface area contributed by atoms with E-state index in [1.807, 2.05) is 0 Å². The Balaban J connectivity index is 1.66. The van der Waals surface area contributed by atoms with Gasteiger partial charge in [0.2, 0.25) is 5.88 Å². The molecule has 1 aromatic rings. The van der Waals surface area contributed by atoms with Crippen molar-refractivity contribution in [2.24, 2.45) is 0 Å². The second-order valence-corrected chi connectivity index (χ2v) is 4.40. The second-order valence-electron chi connectivity index (χ2n) is 3.99. The molecule has 0 aliphatic carbocycles. The molecule has 1 aliphatic heterocycles. The summed E-state index contributed by atoms with van der Waals surface area (Å²) < 4.78 is 10.7.